The van der Waals surface area contributed by atoms with Gasteiger partial charge in [-0.25, -0.2) is 9.50 Å². The number of amides is 2. The molecule has 0 aliphatic carbocycles. The van der Waals surface area contributed by atoms with Crippen LogP contribution in [-0.2, 0) is 9.59 Å². The first-order valence-electron chi connectivity index (χ1n) is 14.8. The lowest BCUT2D eigenvalue weighted by Crippen LogP contribution is -2.64. The first kappa shape index (κ1) is 16.5. The van der Waals surface area contributed by atoms with Crippen LogP contribution in [0, 0.1) is 0 Å². The summed E-state index contributed by atoms with van der Waals surface area (Å²) in [6.45, 7) is -1.08. The molecular weight excluding hydrogens is 456 g/mol. The van der Waals surface area contributed by atoms with Gasteiger partial charge in [-0.1, -0.05) is 12.1 Å². The van der Waals surface area contributed by atoms with Crippen molar-refractivity contribution in [3.8, 4) is 22.5 Å². The Labute approximate surface area is 219 Å². The largest absolute Gasteiger partial charge is 0.382 e. The number of carbonyl (C=O) groups excluding carboxylic acids is 2. The number of carbonyl (C=O) groups is 2. The summed E-state index contributed by atoms with van der Waals surface area (Å²) in [6.07, 6.45) is 2.46. The van der Waals surface area contributed by atoms with Crippen molar-refractivity contribution < 1.29 is 19.2 Å². The standard InChI is InChI=1S/C26H30N8O2/c1-16(2)33-21(9-10-29-33)20-14-22(34-23(20)24(27)28-15-30-34)18-7-6-8-19(13-18)31-11-12-32(17(3)35)26(4,5)25(31)36/h6-10,13-16H,11-12H2,1-5H3,(H2,27,28,30)/i1D3,2D3,16D. The van der Waals surface area contributed by atoms with Crippen LogP contribution in [0.1, 0.15) is 50.1 Å². The molecule has 0 spiro atoms. The minimum Gasteiger partial charge on any atom is -0.382 e. The summed E-state index contributed by atoms with van der Waals surface area (Å²) in [5, 5.41) is 8.33. The van der Waals surface area contributed by atoms with Crippen LogP contribution in [0.3, 0.4) is 0 Å². The Balaban J connectivity index is 1.67. The van der Waals surface area contributed by atoms with E-state index in [-0.39, 0.29) is 41.0 Å². The number of hydrogen-bond donors (Lipinski definition) is 1. The molecule has 0 atom stereocenters. The lowest BCUT2D eigenvalue weighted by Gasteiger charge is -2.45. The van der Waals surface area contributed by atoms with E-state index in [0.29, 0.717) is 28.2 Å². The van der Waals surface area contributed by atoms with Gasteiger partial charge in [-0.15, -0.1) is 0 Å². The second kappa shape index (κ2) is 8.47. The molecule has 5 rings (SSSR count). The summed E-state index contributed by atoms with van der Waals surface area (Å²) in [4.78, 5) is 32.9. The van der Waals surface area contributed by atoms with Gasteiger partial charge in [0, 0.05) is 57.3 Å². The highest BCUT2D eigenvalue weighted by molar-refractivity contribution is 6.03. The predicted octanol–water partition coefficient (Wildman–Crippen LogP) is 3.40. The van der Waals surface area contributed by atoms with Crippen molar-refractivity contribution in [1.82, 2.24) is 29.3 Å². The Morgan fingerprint density at radius 3 is 2.72 bits per heavy atom. The van der Waals surface area contributed by atoms with Crippen LogP contribution in [0.25, 0.3) is 28.0 Å². The monoisotopic (exact) mass is 493 g/mol. The van der Waals surface area contributed by atoms with Crippen LogP contribution in [-0.4, -0.2) is 59.7 Å². The highest BCUT2D eigenvalue weighted by Crippen LogP contribution is 2.37. The zero-order valence-corrected chi connectivity index (χ0v) is 20.1. The molecule has 10 nitrogen and oxygen atoms in total. The number of nitrogen functional groups attached to an aromatic ring is 1. The predicted molar refractivity (Wildman–Crippen MR) is 138 cm³/mol. The maximum absolute atomic E-state index is 13.5. The minimum atomic E-state index is -3.28. The molecule has 0 unspecified atom stereocenters. The third-order valence-electron chi connectivity index (χ3n) is 6.54. The first-order valence-corrected chi connectivity index (χ1v) is 11.3. The zero-order valence-electron chi connectivity index (χ0n) is 27.1. The molecule has 10 heteroatoms. The maximum Gasteiger partial charge on any atom is 0.252 e. The van der Waals surface area contributed by atoms with E-state index in [1.54, 1.807) is 49.1 Å². The summed E-state index contributed by atoms with van der Waals surface area (Å²) in [5.41, 5.74) is 7.38. The summed E-state index contributed by atoms with van der Waals surface area (Å²) in [5.74, 6) is -0.414. The number of hydrogen-bond acceptors (Lipinski definition) is 6. The van der Waals surface area contributed by atoms with E-state index >= 15 is 0 Å². The maximum atomic E-state index is 13.5. The summed E-state index contributed by atoms with van der Waals surface area (Å²) < 4.78 is 58.5. The Kier molecular flexibility index (Phi) is 3.87. The van der Waals surface area contributed by atoms with Crippen LogP contribution >= 0.6 is 0 Å². The lowest BCUT2D eigenvalue weighted by molar-refractivity contribution is -0.145. The van der Waals surface area contributed by atoms with Crippen molar-refractivity contribution in [2.24, 2.45) is 0 Å². The van der Waals surface area contributed by atoms with E-state index < -0.39 is 25.3 Å². The molecular formula is C26H30N8O2. The molecule has 1 fully saturated rings. The van der Waals surface area contributed by atoms with Crippen molar-refractivity contribution in [2.75, 3.05) is 23.7 Å². The average molecular weight is 494 g/mol. The normalized spacial score (nSPS) is 19.6. The van der Waals surface area contributed by atoms with Gasteiger partial charge in [0.15, 0.2) is 5.82 Å². The third kappa shape index (κ3) is 3.60. The molecule has 4 aromatic rings. The number of rotatable bonds is 4. The minimum absolute atomic E-state index is 0.0148. The Hall–Kier alpha value is -4.21. The first-order chi connectivity index (χ1) is 19.9. The number of benzene rings is 1. The number of nitrogens with two attached hydrogens (primary N) is 1. The molecule has 1 aliphatic heterocycles. The second-order valence-electron chi connectivity index (χ2n) is 9.06. The fourth-order valence-electron chi connectivity index (χ4n) is 4.81. The molecule has 2 amide bonds. The van der Waals surface area contributed by atoms with Gasteiger partial charge < -0.3 is 15.5 Å². The topological polar surface area (TPSA) is 115 Å². The fraction of sp³-hybridized carbons (Fsp3) is 0.346. The van der Waals surface area contributed by atoms with Crippen LogP contribution in [0.15, 0.2) is 48.9 Å². The van der Waals surface area contributed by atoms with E-state index in [9.17, 15) is 9.59 Å². The van der Waals surface area contributed by atoms with Crippen LogP contribution < -0.4 is 10.6 Å². The Morgan fingerprint density at radius 2 is 1.97 bits per heavy atom. The van der Waals surface area contributed by atoms with Crippen molar-refractivity contribution in [1.29, 1.82) is 0 Å². The van der Waals surface area contributed by atoms with Crippen molar-refractivity contribution in [3.05, 3.63) is 48.9 Å². The van der Waals surface area contributed by atoms with E-state index in [4.69, 9.17) is 15.3 Å². The van der Waals surface area contributed by atoms with Gasteiger partial charge in [0.05, 0.1) is 12.8 Å². The van der Waals surface area contributed by atoms with Gasteiger partial charge in [-0.05, 0) is 51.8 Å². The smallest absolute Gasteiger partial charge is 0.252 e. The molecule has 1 aromatic carbocycles. The zero-order chi connectivity index (χ0) is 31.7. The number of aromatic nitrogens is 5. The summed E-state index contributed by atoms with van der Waals surface area (Å²) >= 11 is 0. The highest BCUT2D eigenvalue weighted by Gasteiger charge is 2.43. The van der Waals surface area contributed by atoms with E-state index in [0.717, 1.165) is 0 Å². The van der Waals surface area contributed by atoms with E-state index in [1.807, 2.05) is 0 Å². The molecule has 36 heavy (non-hydrogen) atoms. The molecule has 4 heterocycles. The second-order valence-corrected chi connectivity index (χ2v) is 9.06. The van der Waals surface area contributed by atoms with Crippen molar-refractivity contribution in [2.45, 2.75) is 46.0 Å². The van der Waals surface area contributed by atoms with Gasteiger partial charge in [-0.3, -0.25) is 14.3 Å². The summed E-state index contributed by atoms with van der Waals surface area (Å²) in [6, 6.07) is 7.01. The van der Waals surface area contributed by atoms with Gasteiger partial charge in [0.25, 0.3) is 5.91 Å². The number of fused-ring (bicyclic) bond motifs is 1. The van der Waals surface area contributed by atoms with Crippen LogP contribution in [0.4, 0.5) is 11.5 Å². The Morgan fingerprint density at radius 1 is 1.17 bits per heavy atom. The molecule has 0 radical (unpaired) electrons. The van der Waals surface area contributed by atoms with Crippen molar-refractivity contribution in [3.63, 3.8) is 0 Å². The van der Waals surface area contributed by atoms with Gasteiger partial charge in [0.1, 0.15) is 17.4 Å². The third-order valence-corrected chi connectivity index (χ3v) is 6.54. The molecule has 2 N–H and O–H groups in total. The van der Waals surface area contributed by atoms with Gasteiger partial charge in [-0.2, -0.15) is 10.2 Å². The van der Waals surface area contributed by atoms with Crippen LogP contribution in [0.5, 0.6) is 0 Å². The molecule has 186 valence electrons. The molecule has 1 saturated heterocycles. The SMILES string of the molecule is [2H]C([2H])([2H])C([2H])(n1nccc1-c1cc(-c2cccc(N3CCN(C(C)=O)C(C)(C)C3=O)c2)n2ncnc(N)c12)C([2H])([2H])[2H]. The fourth-order valence-corrected chi connectivity index (χ4v) is 4.81. The van der Waals surface area contributed by atoms with Crippen LogP contribution in [0.2, 0.25) is 0 Å². The Bertz CT molecular complexity index is 1730. The average Bonchev–Trinajstić information content (AvgIpc) is 3.54. The quantitative estimate of drug-likeness (QED) is 0.466. The number of piperazine rings is 1. The van der Waals surface area contributed by atoms with Crippen molar-refractivity contribution >= 4 is 28.8 Å². The van der Waals surface area contributed by atoms with E-state index in [2.05, 4.69) is 15.2 Å². The molecule has 1 aliphatic rings. The number of anilines is 2. The van der Waals surface area contributed by atoms with Gasteiger partial charge in [0.2, 0.25) is 5.91 Å². The molecule has 0 bridgehead atoms. The number of nitrogens with zero attached hydrogens (tertiary/aromatic N) is 7. The molecule has 3 aromatic heterocycles. The lowest BCUT2D eigenvalue weighted by atomic mass is 9.96. The summed E-state index contributed by atoms with van der Waals surface area (Å²) in [7, 11) is 0. The van der Waals surface area contributed by atoms with E-state index in [1.165, 1.54) is 34.9 Å². The molecule has 0 saturated carbocycles. The van der Waals surface area contributed by atoms with Gasteiger partial charge >= 0.3 is 0 Å². The highest BCUT2D eigenvalue weighted by atomic mass is 16.2.